The van der Waals surface area contributed by atoms with Gasteiger partial charge in [-0.1, -0.05) is 30.3 Å². The minimum atomic E-state index is -1.12. The molecule has 1 amide bonds. The predicted molar refractivity (Wildman–Crippen MR) is 108 cm³/mol. The van der Waals surface area contributed by atoms with Crippen LogP contribution in [0.2, 0.25) is 0 Å². The topological polar surface area (TPSA) is 97.8 Å². The number of rotatable bonds is 9. The summed E-state index contributed by atoms with van der Waals surface area (Å²) in [6, 6.07) is 8.13. The molecule has 0 spiro atoms. The summed E-state index contributed by atoms with van der Waals surface area (Å²) in [7, 11) is 1.61. The van der Waals surface area contributed by atoms with Crippen molar-refractivity contribution in [2.24, 2.45) is 0 Å². The van der Waals surface area contributed by atoms with Gasteiger partial charge in [-0.25, -0.2) is 9.59 Å². The summed E-state index contributed by atoms with van der Waals surface area (Å²) < 4.78 is 10.5. The van der Waals surface area contributed by atoms with Crippen molar-refractivity contribution in [2.75, 3.05) is 12.9 Å². The fourth-order valence-corrected chi connectivity index (χ4v) is 3.64. The van der Waals surface area contributed by atoms with Gasteiger partial charge in [-0.3, -0.25) is 4.98 Å². The zero-order chi connectivity index (χ0) is 20.5. The standard InChI is InChI=1S/C20H24N2O5S/c1-13-9-21-16(14(2)18(13)26-3)11-28-12-17(19(23)24)22-20(25)27-10-15-7-5-4-6-8-15/h4-9,17H,10-12H2,1-3H3,(H,22,25)(H,23,24). The number of aryl methyl sites for hydroxylation is 1. The third-order valence-corrected chi connectivity index (χ3v) is 5.12. The number of nitrogens with one attached hydrogen (secondary N) is 1. The number of nitrogens with zero attached hydrogens (tertiary/aromatic N) is 1. The van der Waals surface area contributed by atoms with Gasteiger partial charge in [0.25, 0.3) is 0 Å². The first-order chi connectivity index (χ1) is 13.4. The molecule has 0 aliphatic heterocycles. The number of aliphatic carboxylic acids is 1. The molecule has 7 nitrogen and oxygen atoms in total. The maximum atomic E-state index is 11.9. The van der Waals surface area contributed by atoms with Crippen molar-refractivity contribution in [1.82, 2.24) is 10.3 Å². The number of carboxylic acids is 1. The van der Waals surface area contributed by atoms with Gasteiger partial charge < -0.3 is 19.9 Å². The first kappa shape index (κ1) is 21.6. The minimum absolute atomic E-state index is 0.0818. The van der Waals surface area contributed by atoms with Gasteiger partial charge in [0, 0.05) is 28.8 Å². The van der Waals surface area contributed by atoms with E-state index in [4.69, 9.17) is 9.47 Å². The molecule has 2 rings (SSSR count). The summed E-state index contributed by atoms with van der Waals surface area (Å²) in [6.45, 7) is 3.92. The summed E-state index contributed by atoms with van der Waals surface area (Å²) >= 11 is 1.37. The molecule has 1 unspecified atom stereocenters. The number of thioether (sulfide) groups is 1. The van der Waals surface area contributed by atoms with E-state index in [0.717, 1.165) is 28.1 Å². The number of carboxylic acid groups (broad SMARTS) is 1. The highest BCUT2D eigenvalue weighted by atomic mass is 32.2. The SMILES string of the molecule is COc1c(C)cnc(CSCC(NC(=O)OCc2ccccc2)C(=O)O)c1C. The maximum Gasteiger partial charge on any atom is 0.408 e. The molecule has 8 heteroatoms. The normalized spacial score (nSPS) is 11.5. The zero-order valence-corrected chi connectivity index (χ0v) is 16.9. The molecule has 0 saturated carbocycles. The molecule has 1 aromatic carbocycles. The molecule has 0 aliphatic carbocycles. The fourth-order valence-electron chi connectivity index (χ4n) is 2.57. The largest absolute Gasteiger partial charge is 0.496 e. The average Bonchev–Trinajstić information content (AvgIpc) is 2.68. The first-order valence-electron chi connectivity index (χ1n) is 8.69. The van der Waals surface area contributed by atoms with Gasteiger partial charge in [0.1, 0.15) is 18.4 Å². The highest BCUT2D eigenvalue weighted by molar-refractivity contribution is 7.98. The molecule has 0 bridgehead atoms. The third kappa shape index (κ3) is 6.16. The van der Waals surface area contributed by atoms with E-state index in [1.165, 1.54) is 11.8 Å². The van der Waals surface area contributed by atoms with E-state index in [1.807, 2.05) is 44.2 Å². The van der Waals surface area contributed by atoms with Crippen molar-refractivity contribution < 1.29 is 24.2 Å². The molecule has 0 fully saturated rings. The van der Waals surface area contributed by atoms with Gasteiger partial charge in [0.15, 0.2) is 0 Å². The second-order valence-electron chi connectivity index (χ2n) is 6.16. The second-order valence-corrected chi connectivity index (χ2v) is 7.19. The molecule has 0 aliphatic rings. The molecular weight excluding hydrogens is 380 g/mol. The number of amides is 1. The quantitative estimate of drug-likeness (QED) is 0.661. The average molecular weight is 404 g/mol. The van der Waals surface area contributed by atoms with Crippen LogP contribution in [0.4, 0.5) is 4.79 Å². The highest BCUT2D eigenvalue weighted by Crippen LogP contribution is 2.26. The number of benzene rings is 1. The van der Waals surface area contributed by atoms with E-state index in [2.05, 4.69) is 10.3 Å². The van der Waals surface area contributed by atoms with Crippen LogP contribution in [0.25, 0.3) is 0 Å². The lowest BCUT2D eigenvalue weighted by atomic mass is 10.1. The zero-order valence-electron chi connectivity index (χ0n) is 16.1. The van der Waals surface area contributed by atoms with Crippen LogP contribution in [0.5, 0.6) is 5.75 Å². The Bertz CT molecular complexity index is 814. The van der Waals surface area contributed by atoms with E-state index in [9.17, 15) is 14.7 Å². The number of alkyl carbamates (subject to hydrolysis) is 1. The molecule has 28 heavy (non-hydrogen) atoms. The fraction of sp³-hybridized carbons (Fsp3) is 0.350. The summed E-state index contributed by atoms with van der Waals surface area (Å²) in [4.78, 5) is 27.7. The maximum absolute atomic E-state index is 11.9. The number of carbonyl (C=O) groups excluding carboxylic acids is 1. The highest BCUT2D eigenvalue weighted by Gasteiger charge is 2.21. The number of ether oxygens (including phenoxy) is 2. The smallest absolute Gasteiger partial charge is 0.408 e. The summed E-state index contributed by atoms with van der Waals surface area (Å²) in [5.41, 5.74) is 3.52. The van der Waals surface area contributed by atoms with Crippen LogP contribution < -0.4 is 10.1 Å². The number of hydrogen-bond acceptors (Lipinski definition) is 6. The Morgan fingerprint density at radius 1 is 1.25 bits per heavy atom. The number of methoxy groups -OCH3 is 1. The van der Waals surface area contributed by atoms with Gasteiger partial charge in [0.2, 0.25) is 0 Å². The summed E-state index contributed by atoms with van der Waals surface area (Å²) in [5, 5.41) is 11.8. The van der Waals surface area contributed by atoms with Gasteiger partial charge in [-0.05, 0) is 19.4 Å². The number of aromatic nitrogens is 1. The Morgan fingerprint density at radius 2 is 1.96 bits per heavy atom. The van der Waals surface area contributed by atoms with Gasteiger partial charge in [-0.2, -0.15) is 11.8 Å². The van der Waals surface area contributed by atoms with E-state index in [0.29, 0.717) is 5.75 Å². The van der Waals surface area contributed by atoms with Crippen LogP contribution in [-0.2, 0) is 21.9 Å². The Kier molecular flexibility index (Phi) is 8.13. The molecule has 2 aromatic rings. The van der Waals surface area contributed by atoms with Crippen molar-refractivity contribution in [3.8, 4) is 5.75 Å². The van der Waals surface area contributed by atoms with Crippen molar-refractivity contribution >= 4 is 23.8 Å². The van der Waals surface area contributed by atoms with E-state index in [1.54, 1.807) is 13.3 Å². The van der Waals surface area contributed by atoms with Crippen molar-refractivity contribution in [3.05, 3.63) is 58.9 Å². The van der Waals surface area contributed by atoms with Crippen molar-refractivity contribution in [2.45, 2.75) is 32.2 Å². The summed E-state index contributed by atoms with van der Waals surface area (Å²) in [5.74, 6) is 0.360. The van der Waals surface area contributed by atoms with Crippen LogP contribution in [-0.4, -0.2) is 41.1 Å². The Labute approximate surface area is 168 Å². The molecule has 150 valence electrons. The lowest BCUT2D eigenvalue weighted by Crippen LogP contribution is -2.42. The number of carbonyl (C=O) groups is 2. The second kappa shape index (κ2) is 10.6. The van der Waals surface area contributed by atoms with Crippen LogP contribution in [0.15, 0.2) is 36.5 Å². The number of hydrogen-bond donors (Lipinski definition) is 2. The van der Waals surface area contributed by atoms with Crippen LogP contribution in [0.3, 0.4) is 0 Å². The molecule has 0 saturated heterocycles. The van der Waals surface area contributed by atoms with E-state index in [-0.39, 0.29) is 12.4 Å². The Morgan fingerprint density at radius 3 is 2.61 bits per heavy atom. The molecule has 1 aromatic heterocycles. The molecule has 1 atom stereocenters. The molecule has 0 radical (unpaired) electrons. The first-order valence-corrected chi connectivity index (χ1v) is 9.84. The van der Waals surface area contributed by atoms with Gasteiger partial charge >= 0.3 is 12.1 Å². The van der Waals surface area contributed by atoms with E-state index >= 15 is 0 Å². The molecule has 2 N–H and O–H groups in total. The third-order valence-electron chi connectivity index (χ3n) is 4.08. The van der Waals surface area contributed by atoms with Crippen molar-refractivity contribution in [1.29, 1.82) is 0 Å². The van der Waals surface area contributed by atoms with Crippen LogP contribution >= 0.6 is 11.8 Å². The monoisotopic (exact) mass is 404 g/mol. The van der Waals surface area contributed by atoms with Gasteiger partial charge in [0.05, 0.1) is 12.8 Å². The van der Waals surface area contributed by atoms with Crippen LogP contribution in [0, 0.1) is 13.8 Å². The minimum Gasteiger partial charge on any atom is -0.496 e. The molecular formula is C20H24N2O5S. The van der Waals surface area contributed by atoms with E-state index < -0.39 is 18.1 Å². The Hall–Kier alpha value is -2.74. The predicted octanol–water partition coefficient (Wildman–Crippen LogP) is 3.32. The lowest BCUT2D eigenvalue weighted by Gasteiger charge is -2.15. The van der Waals surface area contributed by atoms with Crippen LogP contribution in [0.1, 0.15) is 22.4 Å². The lowest BCUT2D eigenvalue weighted by molar-refractivity contribution is -0.138. The summed E-state index contributed by atoms with van der Waals surface area (Å²) in [6.07, 6.45) is 0.971. The molecule has 1 heterocycles. The Balaban J connectivity index is 1.86. The van der Waals surface area contributed by atoms with Gasteiger partial charge in [-0.15, -0.1) is 0 Å². The van der Waals surface area contributed by atoms with Crippen molar-refractivity contribution in [3.63, 3.8) is 0 Å². The number of pyridine rings is 1.